The van der Waals surface area contributed by atoms with Gasteiger partial charge < -0.3 is 10.8 Å². The summed E-state index contributed by atoms with van der Waals surface area (Å²) in [5.74, 6) is -4.15. The van der Waals surface area contributed by atoms with E-state index in [-0.39, 0.29) is 5.92 Å². The summed E-state index contributed by atoms with van der Waals surface area (Å²) in [6.07, 6.45) is 5.28. The van der Waals surface area contributed by atoms with Gasteiger partial charge in [0.05, 0.1) is 0 Å². The summed E-state index contributed by atoms with van der Waals surface area (Å²) in [4.78, 5) is 11.3. The van der Waals surface area contributed by atoms with Gasteiger partial charge in [-0.05, 0) is 17.6 Å². The third-order valence-corrected chi connectivity index (χ3v) is 3.44. The van der Waals surface area contributed by atoms with Gasteiger partial charge in [-0.3, -0.25) is 4.79 Å². The van der Waals surface area contributed by atoms with Gasteiger partial charge in [0.25, 0.3) is 5.92 Å². The van der Waals surface area contributed by atoms with Gasteiger partial charge in [0.2, 0.25) is 0 Å². The zero-order valence-corrected chi connectivity index (χ0v) is 9.99. The van der Waals surface area contributed by atoms with Crippen LogP contribution in [0.1, 0.15) is 19.8 Å². The van der Waals surface area contributed by atoms with Crippen molar-refractivity contribution in [2.75, 3.05) is 0 Å². The van der Waals surface area contributed by atoms with Crippen LogP contribution in [0.25, 0.3) is 0 Å². The smallest absolute Gasteiger partial charge is 0.314 e. The predicted molar refractivity (Wildman–Crippen MR) is 62.9 cm³/mol. The second-order valence-electron chi connectivity index (χ2n) is 5.08. The molecule has 0 bridgehead atoms. The van der Waals surface area contributed by atoms with Crippen LogP contribution in [0.5, 0.6) is 0 Å². The Labute approximate surface area is 104 Å². The Morgan fingerprint density at radius 3 is 2.50 bits per heavy atom. The van der Waals surface area contributed by atoms with Crippen LogP contribution < -0.4 is 5.73 Å². The van der Waals surface area contributed by atoms with Gasteiger partial charge >= 0.3 is 5.97 Å². The Morgan fingerprint density at radius 2 is 2.00 bits per heavy atom. The fourth-order valence-electron chi connectivity index (χ4n) is 2.56. The molecule has 0 aromatic heterocycles. The van der Waals surface area contributed by atoms with E-state index in [1.54, 1.807) is 24.3 Å². The van der Waals surface area contributed by atoms with Gasteiger partial charge in [0.1, 0.15) is 5.41 Å². The molecule has 5 heteroatoms. The number of carboxylic acid groups (broad SMARTS) is 1. The average Bonchev–Trinajstić information content (AvgIpc) is 2.35. The molecule has 0 saturated heterocycles. The molecule has 1 fully saturated rings. The third-order valence-electron chi connectivity index (χ3n) is 3.44. The normalized spacial score (nSPS) is 28.7. The van der Waals surface area contributed by atoms with Crippen LogP contribution in [0, 0.1) is 11.3 Å². The molecule has 0 amide bonds. The molecule has 2 aliphatic rings. The standard InChI is InChI=1S/C13H15F2NO2/c1-8-4-9(2-3-10(16)5-8)12(11(17)18)6-13(14,15)7-12/h2-5,8H,6-7,16H2,1H3,(H,17,18). The zero-order chi connectivity index (χ0) is 13.6. The molecule has 2 aliphatic carbocycles. The number of allylic oxidation sites excluding steroid dienone is 4. The number of rotatable bonds is 2. The van der Waals surface area contributed by atoms with Gasteiger partial charge in [0.15, 0.2) is 0 Å². The highest BCUT2D eigenvalue weighted by atomic mass is 19.3. The molecule has 3 nitrogen and oxygen atoms in total. The Kier molecular flexibility index (Phi) is 2.80. The number of aliphatic carboxylic acids is 1. The molecular formula is C13H15F2NO2. The lowest BCUT2D eigenvalue weighted by Crippen LogP contribution is -2.52. The first-order valence-electron chi connectivity index (χ1n) is 5.74. The Bertz CT molecular complexity index is 469. The molecule has 0 aliphatic heterocycles. The highest BCUT2D eigenvalue weighted by Gasteiger charge is 2.62. The second kappa shape index (κ2) is 3.93. The monoisotopic (exact) mass is 255 g/mol. The summed E-state index contributed by atoms with van der Waals surface area (Å²) in [6, 6.07) is 0. The van der Waals surface area contributed by atoms with Gasteiger partial charge in [-0.25, -0.2) is 8.78 Å². The van der Waals surface area contributed by atoms with Gasteiger partial charge in [0, 0.05) is 18.5 Å². The lowest BCUT2D eigenvalue weighted by molar-refractivity contribution is -0.183. The minimum absolute atomic E-state index is 0.0690. The van der Waals surface area contributed by atoms with Crippen molar-refractivity contribution in [1.82, 2.24) is 0 Å². The van der Waals surface area contributed by atoms with Gasteiger partial charge in [-0.1, -0.05) is 25.2 Å². The molecule has 98 valence electrons. The third kappa shape index (κ3) is 2.05. The number of halogens is 2. The first-order valence-corrected chi connectivity index (χ1v) is 5.74. The topological polar surface area (TPSA) is 63.3 Å². The summed E-state index contributed by atoms with van der Waals surface area (Å²) in [6.45, 7) is 1.84. The summed E-state index contributed by atoms with van der Waals surface area (Å²) < 4.78 is 26.1. The van der Waals surface area contributed by atoms with Gasteiger partial charge in [-0.15, -0.1) is 0 Å². The molecule has 0 spiro atoms. The molecule has 3 N–H and O–H groups in total. The molecule has 1 unspecified atom stereocenters. The van der Waals surface area contributed by atoms with E-state index in [1.165, 1.54) is 0 Å². The Morgan fingerprint density at radius 1 is 1.39 bits per heavy atom. The minimum Gasteiger partial charge on any atom is -0.481 e. The molecule has 2 rings (SSSR count). The number of nitrogens with two attached hydrogens (primary N) is 1. The highest BCUT2D eigenvalue weighted by Crippen LogP contribution is 2.57. The number of hydrogen-bond donors (Lipinski definition) is 2. The maximum atomic E-state index is 13.1. The number of carbonyl (C=O) groups is 1. The number of alkyl halides is 2. The maximum absolute atomic E-state index is 13.1. The second-order valence-corrected chi connectivity index (χ2v) is 5.08. The number of carboxylic acids is 1. The summed E-state index contributed by atoms with van der Waals surface area (Å²) in [7, 11) is 0. The van der Waals surface area contributed by atoms with Crippen molar-refractivity contribution in [2.45, 2.75) is 25.7 Å². The van der Waals surface area contributed by atoms with E-state index in [9.17, 15) is 18.7 Å². The van der Waals surface area contributed by atoms with Crippen LogP contribution in [0.15, 0.2) is 35.6 Å². The van der Waals surface area contributed by atoms with E-state index < -0.39 is 30.1 Å². The Hall–Kier alpha value is -1.65. The van der Waals surface area contributed by atoms with E-state index >= 15 is 0 Å². The quantitative estimate of drug-likeness (QED) is 0.796. The predicted octanol–water partition coefficient (Wildman–Crippen LogP) is 2.46. The number of hydrogen-bond acceptors (Lipinski definition) is 2. The van der Waals surface area contributed by atoms with Crippen LogP contribution in [0.2, 0.25) is 0 Å². The SMILES string of the molecule is CC1C=C(N)C=CC(C2(C(=O)O)CC(F)(F)C2)=C1. The van der Waals surface area contributed by atoms with E-state index in [0.29, 0.717) is 11.3 Å². The largest absolute Gasteiger partial charge is 0.481 e. The van der Waals surface area contributed by atoms with E-state index in [2.05, 4.69) is 0 Å². The van der Waals surface area contributed by atoms with Crippen molar-refractivity contribution >= 4 is 5.97 Å². The molecule has 0 radical (unpaired) electrons. The van der Waals surface area contributed by atoms with Crippen LogP contribution in [-0.4, -0.2) is 17.0 Å². The van der Waals surface area contributed by atoms with Crippen molar-refractivity contribution < 1.29 is 18.7 Å². The van der Waals surface area contributed by atoms with Crippen LogP contribution in [0.4, 0.5) is 8.78 Å². The molecular weight excluding hydrogens is 240 g/mol. The molecule has 0 aromatic rings. The Balaban J connectivity index is 2.35. The zero-order valence-electron chi connectivity index (χ0n) is 9.99. The van der Waals surface area contributed by atoms with E-state index in [4.69, 9.17) is 5.73 Å². The fraction of sp³-hybridized carbons (Fsp3) is 0.462. The van der Waals surface area contributed by atoms with Crippen molar-refractivity contribution in [3.8, 4) is 0 Å². The van der Waals surface area contributed by atoms with Crippen LogP contribution in [-0.2, 0) is 4.79 Å². The molecule has 1 saturated carbocycles. The lowest BCUT2D eigenvalue weighted by Gasteiger charge is -2.45. The maximum Gasteiger partial charge on any atom is 0.314 e. The highest BCUT2D eigenvalue weighted by molar-refractivity contribution is 5.81. The van der Waals surface area contributed by atoms with E-state index in [0.717, 1.165) is 0 Å². The molecule has 0 heterocycles. The summed E-state index contributed by atoms with van der Waals surface area (Å²) >= 11 is 0. The molecule has 1 atom stereocenters. The van der Waals surface area contributed by atoms with E-state index in [1.807, 2.05) is 6.92 Å². The first-order chi connectivity index (χ1) is 8.25. The van der Waals surface area contributed by atoms with Crippen molar-refractivity contribution in [2.24, 2.45) is 17.1 Å². The fourth-order valence-corrected chi connectivity index (χ4v) is 2.56. The molecule has 18 heavy (non-hydrogen) atoms. The van der Waals surface area contributed by atoms with Crippen molar-refractivity contribution in [1.29, 1.82) is 0 Å². The lowest BCUT2D eigenvalue weighted by atomic mass is 9.61. The van der Waals surface area contributed by atoms with Crippen molar-refractivity contribution in [3.63, 3.8) is 0 Å². The van der Waals surface area contributed by atoms with Crippen LogP contribution in [0.3, 0.4) is 0 Å². The van der Waals surface area contributed by atoms with Crippen LogP contribution >= 0.6 is 0 Å². The first kappa shape index (κ1) is 12.8. The summed E-state index contributed by atoms with van der Waals surface area (Å²) in [5, 5.41) is 9.26. The van der Waals surface area contributed by atoms with Gasteiger partial charge in [-0.2, -0.15) is 0 Å². The average molecular weight is 255 g/mol. The van der Waals surface area contributed by atoms with Crippen molar-refractivity contribution in [3.05, 3.63) is 35.6 Å². The summed E-state index contributed by atoms with van der Waals surface area (Å²) in [5.41, 5.74) is 5.13. The molecule has 0 aromatic carbocycles. The minimum atomic E-state index is -2.89.